The quantitative estimate of drug-likeness (QED) is 0.708. The molecule has 0 saturated carbocycles. The molecule has 2 rings (SSSR count). The first kappa shape index (κ1) is 16.0. The fourth-order valence-corrected chi connectivity index (χ4v) is 1.69. The second kappa shape index (κ2) is 7.59. The van der Waals surface area contributed by atoms with Crippen molar-refractivity contribution < 1.29 is 27.4 Å². The first-order valence-electron chi connectivity index (χ1n) is 6.69. The fraction of sp³-hybridized carbons (Fsp3) is 0.250. The van der Waals surface area contributed by atoms with Gasteiger partial charge in [0.05, 0.1) is 13.2 Å². The summed E-state index contributed by atoms with van der Waals surface area (Å²) >= 11 is 0. The van der Waals surface area contributed by atoms with Gasteiger partial charge in [-0.05, 0) is 36.4 Å². The Bertz CT molecular complexity index is 553. The van der Waals surface area contributed by atoms with Gasteiger partial charge in [-0.1, -0.05) is 18.2 Å². The van der Waals surface area contributed by atoms with Gasteiger partial charge in [0.1, 0.15) is 17.2 Å². The molecule has 22 heavy (non-hydrogen) atoms. The molecule has 0 aliphatic heterocycles. The molecular formula is C16H15F3O3. The summed E-state index contributed by atoms with van der Waals surface area (Å²) in [5.74, 6) is 0.998. The molecule has 0 spiro atoms. The van der Waals surface area contributed by atoms with Gasteiger partial charge in [-0.25, -0.2) is 0 Å². The molecule has 0 aliphatic carbocycles. The third-order valence-corrected chi connectivity index (χ3v) is 2.63. The lowest BCUT2D eigenvalue weighted by molar-refractivity contribution is -0.274. The van der Waals surface area contributed by atoms with E-state index in [1.807, 2.05) is 30.3 Å². The molecule has 2 aromatic rings. The Labute approximate surface area is 126 Å². The smallest absolute Gasteiger partial charge is 0.493 e. The molecule has 0 unspecified atom stereocenters. The van der Waals surface area contributed by atoms with Gasteiger partial charge in [0.15, 0.2) is 0 Å². The van der Waals surface area contributed by atoms with Crippen LogP contribution in [0.5, 0.6) is 17.2 Å². The van der Waals surface area contributed by atoms with Crippen LogP contribution in [0.15, 0.2) is 54.6 Å². The maximum absolute atomic E-state index is 12.0. The van der Waals surface area contributed by atoms with Gasteiger partial charge in [-0.15, -0.1) is 13.2 Å². The monoisotopic (exact) mass is 312 g/mol. The summed E-state index contributed by atoms with van der Waals surface area (Å²) in [5.41, 5.74) is 0. The predicted molar refractivity (Wildman–Crippen MR) is 75.2 cm³/mol. The maximum Gasteiger partial charge on any atom is 0.573 e. The van der Waals surface area contributed by atoms with Gasteiger partial charge >= 0.3 is 6.36 Å². The highest BCUT2D eigenvalue weighted by Crippen LogP contribution is 2.24. The number of para-hydroxylation sites is 1. The van der Waals surface area contributed by atoms with Crippen LogP contribution < -0.4 is 14.2 Å². The van der Waals surface area contributed by atoms with Crippen LogP contribution in [0.25, 0.3) is 0 Å². The van der Waals surface area contributed by atoms with Crippen molar-refractivity contribution in [3.05, 3.63) is 54.6 Å². The molecule has 0 saturated heterocycles. The highest BCUT2D eigenvalue weighted by Gasteiger charge is 2.30. The van der Waals surface area contributed by atoms with E-state index in [-0.39, 0.29) is 5.75 Å². The Morgan fingerprint density at radius 2 is 1.18 bits per heavy atom. The van der Waals surface area contributed by atoms with E-state index in [1.54, 1.807) is 0 Å². The molecule has 0 heterocycles. The lowest BCUT2D eigenvalue weighted by Crippen LogP contribution is -2.17. The number of ether oxygens (including phenoxy) is 3. The van der Waals surface area contributed by atoms with Crippen molar-refractivity contribution in [3.8, 4) is 17.2 Å². The van der Waals surface area contributed by atoms with E-state index in [0.29, 0.717) is 25.4 Å². The van der Waals surface area contributed by atoms with Crippen molar-refractivity contribution in [1.82, 2.24) is 0 Å². The number of rotatable bonds is 7. The van der Waals surface area contributed by atoms with E-state index >= 15 is 0 Å². The summed E-state index contributed by atoms with van der Waals surface area (Å²) in [7, 11) is 0. The number of benzene rings is 2. The molecule has 6 heteroatoms. The van der Waals surface area contributed by atoms with Crippen LogP contribution in [0, 0.1) is 0 Å². The first-order chi connectivity index (χ1) is 10.5. The average molecular weight is 312 g/mol. The van der Waals surface area contributed by atoms with Gasteiger partial charge < -0.3 is 14.2 Å². The van der Waals surface area contributed by atoms with Crippen LogP contribution in [0.1, 0.15) is 6.42 Å². The highest BCUT2D eigenvalue weighted by molar-refractivity contribution is 5.31. The van der Waals surface area contributed by atoms with E-state index in [9.17, 15) is 13.2 Å². The minimum atomic E-state index is -4.68. The summed E-state index contributed by atoms with van der Waals surface area (Å²) in [6.45, 7) is 0.908. The van der Waals surface area contributed by atoms with Crippen molar-refractivity contribution in [2.24, 2.45) is 0 Å². The van der Waals surface area contributed by atoms with Gasteiger partial charge in [-0.3, -0.25) is 0 Å². The van der Waals surface area contributed by atoms with Gasteiger partial charge in [-0.2, -0.15) is 0 Å². The zero-order valence-corrected chi connectivity index (χ0v) is 11.7. The Morgan fingerprint density at radius 3 is 1.73 bits per heavy atom. The van der Waals surface area contributed by atoms with Crippen LogP contribution in [-0.2, 0) is 0 Å². The molecule has 3 nitrogen and oxygen atoms in total. The molecule has 0 aromatic heterocycles. The molecule has 118 valence electrons. The molecule has 2 aromatic carbocycles. The molecule has 0 atom stereocenters. The normalized spacial score (nSPS) is 11.0. The molecule has 0 N–H and O–H groups in total. The van der Waals surface area contributed by atoms with Crippen LogP contribution in [0.3, 0.4) is 0 Å². The third kappa shape index (κ3) is 5.95. The Morgan fingerprint density at radius 1 is 0.682 bits per heavy atom. The first-order valence-corrected chi connectivity index (χ1v) is 6.69. The van der Waals surface area contributed by atoms with E-state index in [2.05, 4.69) is 4.74 Å². The molecule has 0 aliphatic rings. The standard InChI is InChI=1S/C16H15F3O3/c17-16(18,19)22-15-9-7-14(8-10-15)21-12-4-11-20-13-5-2-1-3-6-13/h1-3,5-10H,4,11-12H2. The van der Waals surface area contributed by atoms with Crippen molar-refractivity contribution in [2.75, 3.05) is 13.2 Å². The average Bonchev–Trinajstić information content (AvgIpc) is 2.48. The van der Waals surface area contributed by atoms with Crippen LogP contribution in [0.4, 0.5) is 13.2 Å². The lowest BCUT2D eigenvalue weighted by atomic mass is 10.3. The summed E-state index contributed by atoms with van der Waals surface area (Å²) in [5, 5.41) is 0. The topological polar surface area (TPSA) is 27.7 Å². The minimum Gasteiger partial charge on any atom is -0.493 e. The third-order valence-electron chi connectivity index (χ3n) is 2.63. The molecule has 0 amide bonds. The van der Waals surface area contributed by atoms with Gasteiger partial charge in [0, 0.05) is 6.42 Å². The number of hydrogen-bond donors (Lipinski definition) is 0. The molecule has 0 fully saturated rings. The van der Waals surface area contributed by atoms with Crippen molar-refractivity contribution in [2.45, 2.75) is 12.8 Å². The molecule has 0 bridgehead atoms. The number of alkyl halides is 3. The minimum absolute atomic E-state index is 0.271. The predicted octanol–water partition coefficient (Wildman–Crippen LogP) is 4.43. The summed E-state index contributed by atoms with van der Waals surface area (Å²) in [6, 6.07) is 14.7. The summed E-state index contributed by atoms with van der Waals surface area (Å²) < 4.78 is 50.7. The van der Waals surface area contributed by atoms with E-state index in [0.717, 1.165) is 5.75 Å². The number of hydrogen-bond acceptors (Lipinski definition) is 3. The van der Waals surface area contributed by atoms with E-state index < -0.39 is 6.36 Å². The van der Waals surface area contributed by atoms with Crippen molar-refractivity contribution in [3.63, 3.8) is 0 Å². The van der Waals surface area contributed by atoms with Gasteiger partial charge in [0.25, 0.3) is 0 Å². The second-order valence-corrected chi connectivity index (χ2v) is 4.38. The fourth-order valence-electron chi connectivity index (χ4n) is 1.69. The summed E-state index contributed by atoms with van der Waals surface area (Å²) in [4.78, 5) is 0. The van der Waals surface area contributed by atoms with Crippen molar-refractivity contribution >= 4 is 0 Å². The second-order valence-electron chi connectivity index (χ2n) is 4.38. The Kier molecular flexibility index (Phi) is 5.52. The van der Waals surface area contributed by atoms with E-state index in [4.69, 9.17) is 9.47 Å². The van der Waals surface area contributed by atoms with Gasteiger partial charge in [0.2, 0.25) is 0 Å². The molecular weight excluding hydrogens is 297 g/mol. The maximum atomic E-state index is 12.0. The highest BCUT2D eigenvalue weighted by atomic mass is 19.4. The van der Waals surface area contributed by atoms with Crippen molar-refractivity contribution in [1.29, 1.82) is 0 Å². The van der Waals surface area contributed by atoms with E-state index in [1.165, 1.54) is 24.3 Å². The number of halogens is 3. The summed E-state index contributed by atoms with van der Waals surface area (Å²) in [6.07, 6.45) is -4.02. The Hall–Kier alpha value is -2.37. The SMILES string of the molecule is FC(F)(F)Oc1ccc(OCCCOc2ccccc2)cc1. The molecule has 0 radical (unpaired) electrons. The van der Waals surface area contributed by atoms with Crippen LogP contribution in [-0.4, -0.2) is 19.6 Å². The Balaban J connectivity index is 1.67. The van der Waals surface area contributed by atoms with Crippen LogP contribution >= 0.6 is 0 Å². The zero-order chi connectivity index (χ0) is 15.8. The lowest BCUT2D eigenvalue weighted by Gasteiger charge is -2.10. The van der Waals surface area contributed by atoms with Crippen LogP contribution in [0.2, 0.25) is 0 Å². The largest absolute Gasteiger partial charge is 0.573 e. The zero-order valence-electron chi connectivity index (χ0n) is 11.7.